The van der Waals surface area contributed by atoms with Crippen molar-refractivity contribution in [3.63, 3.8) is 0 Å². The van der Waals surface area contributed by atoms with Crippen molar-refractivity contribution in [1.29, 1.82) is 0 Å². The van der Waals surface area contributed by atoms with E-state index in [4.69, 9.17) is 16.6 Å². The maximum absolute atomic E-state index is 8.93. The number of nitrogens with two attached hydrogens (primary N) is 2. The summed E-state index contributed by atoms with van der Waals surface area (Å²) in [5, 5.41) is 8.93. The Morgan fingerprint density at radius 2 is 1.82 bits per heavy atom. The molecule has 5 N–H and O–H groups in total. The summed E-state index contributed by atoms with van der Waals surface area (Å²) in [5.74, 6) is 0. The number of hydrogen-bond acceptors (Lipinski definition) is 3. The van der Waals surface area contributed by atoms with Crippen molar-refractivity contribution in [2.24, 2.45) is 0 Å². The molecule has 0 aliphatic heterocycles. The maximum atomic E-state index is 8.93. The lowest BCUT2D eigenvalue weighted by molar-refractivity contribution is 0.299. The summed E-state index contributed by atoms with van der Waals surface area (Å²) in [5.41, 5.74) is 16.1. The van der Waals surface area contributed by atoms with Crippen LogP contribution in [0.25, 0.3) is 11.1 Å². The number of anilines is 2. The molecule has 3 heteroatoms. The van der Waals surface area contributed by atoms with Crippen LogP contribution in [0.4, 0.5) is 11.4 Å². The smallest absolute Gasteiger partial charge is 0.0471 e. The zero-order chi connectivity index (χ0) is 12.3. The Hall–Kier alpha value is -2.00. The third-order valence-electron chi connectivity index (χ3n) is 2.71. The molecule has 2 aromatic rings. The maximum Gasteiger partial charge on any atom is 0.0471 e. The molecule has 0 bridgehead atoms. The molecule has 0 spiro atoms. The second-order valence-corrected chi connectivity index (χ2v) is 4.02. The van der Waals surface area contributed by atoms with Crippen molar-refractivity contribution < 1.29 is 5.11 Å². The molecular formula is C14H16N2O. The monoisotopic (exact) mass is 228 g/mol. The first-order valence-electron chi connectivity index (χ1n) is 5.56. The van der Waals surface area contributed by atoms with E-state index in [0.29, 0.717) is 17.8 Å². The summed E-state index contributed by atoms with van der Waals surface area (Å²) in [6.07, 6.45) is 0.655. The zero-order valence-electron chi connectivity index (χ0n) is 9.56. The molecule has 2 aromatic carbocycles. The number of rotatable bonds is 3. The summed E-state index contributed by atoms with van der Waals surface area (Å²) in [7, 11) is 0. The van der Waals surface area contributed by atoms with Crippen LogP contribution in [-0.4, -0.2) is 11.7 Å². The largest absolute Gasteiger partial charge is 0.399 e. The standard InChI is InChI=1S/C14H16N2O/c15-12-4-5-13(14(16)9-12)11-3-1-2-10(8-11)6-7-17/h1-5,8-9,17H,6-7,15-16H2. The Morgan fingerprint density at radius 3 is 2.53 bits per heavy atom. The lowest BCUT2D eigenvalue weighted by Crippen LogP contribution is -1.94. The molecule has 0 aliphatic carbocycles. The average molecular weight is 228 g/mol. The minimum absolute atomic E-state index is 0.153. The zero-order valence-corrected chi connectivity index (χ0v) is 9.56. The first-order valence-corrected chi connectivity index (χ1v) is 5.56. The van der Waals surface area contributed by atoms with Gasteiger partial charge in [0.05, 0.1) is 0 Å². The van der Waals surface area contributed by atoms with Gasteiger partial charge in [0.1, 0.15) is 0 Å². The van der Waals surface area contributed by atoms with Crippen LogP contribution in [0.5, 0.6) is 0 Å². The fourth-order valence-corrected chi connectivity index (χ4v) is 1.87. The molecule has 0 radical (unpaired) electrons. The normalized spacial score (nSPS) is 10.4. The van der Waals surface area contributed by atoms with Crippen molar-refractivity contribution >= 4 is 11.4 Å². The second kappa shape index (κ2) is 4.89. The van der Waals surface area contributed by atoms with Gasteiger partial charge in [-0.05, 0) is 29.7 Å². The minimum Gasteiger partial charge on any atom is -0.399 e. The quantitative estimate of drug-likeness (QED) is 0.704. The van der Waals surface area contributed by atoms with Crippen LogP contribution in [0.15, 0.2) is 42.5 Å². The molecule has 0 saturated heterocycles. The van der Waals surface area contributed by atoms with Crippen LogP contribution < -0.4 is 11.5 Å². The number of nitrogen functional groups attached to an aromatic ring is 2. The van der Waals surface area contributed by atoms with E-state index in [1.54, 1.807) is 6.07 Å². The minimum atomic E-state index is 0.153. The van der Waals surface area contributed by atoms with Crippen LogP contribution in [0.2, 0.25) is 0 Å². The molecule has 0 aromatic heterocycles. The molecule has 0 unspecified atom stereocenters. The molecule has 0 fully saturated rings. The highest BCUT2D eigenvalue weighted by Crippen LogP contribution is 2.28. The third-order valence-corrected chi connectivity index (χ3v) is 2.71. The van der Waals surface area contributed by atoms with Gasteiger partial charge in [0, 0.05) is 23.5 Å². The van der Waals surface area contributed by atoms with Crippen LogP contribution in [0.3, 0.4) is 0 Å². The van der Waals surface area contributed by atoms with Crippen LogP contribution >= 0.6 is 0 Å². The Balaban J connectivity index is 2.42. The van der Waals surface area contributed by atoms with Gasteiger partial charge < -0.3 is 16.6 Å². The summed E-state index contributed by atoms with van der Waals surface area (Å²) in [6.45, 7) is 0.153. The first kappa shape index (κ1) is 11.5. The molecular weight excluding hydrogens is 212 g/mol. The molecule has 88 valence electrons. The number of hydrogen-bond donors (Lipinski definition) is 3. The number of aliphatic hydroxyl groups excluding tert-OH is 1. The van der Waals surface area contributed by atoms with Gasteiger partial charge in [-0.3, -0.25) is 0 Å². The van der Waals surface area contributed by atoms with Crippen molar-refractivity contribution in [1.82, 2.24) is 0 Å². The van der Waals surface area contributed by atoms with Gasteiger partial charge in [-0.15, -0.1) is 0 Å². The van der Waals surface area contributed by atoms with E-state index in [2.05, 4.69) is 0 Å². The van der Waals surface area contributed by atoms with Gasteiger partial charge in [0.2, 0.25) is 0 Å². The highest BCUT2D eigenvalue weighted by Gasteiger charge is 2.03. The van der Waals surface area contributed by atoms with Gasteiger partial charge in [-0.2, -0.15) is 0 Å². The molecule has 2 rings (SSSR count). The predicted octanol–water partition coefficient (Wildman–Crippen LogP) is 2.05. The Kier molecular flexibility index (Phi) is 3.30. The first-order chi connectivity index (χ1) is 8.20. The fraction of sp³-hybridized carbons (Fsp3) is 0.143. The molecule has 0 aliphatic rings. The average Bonchev–Trinajstić information content (AvgIpc) is 2.29. The predicted molar refractivity (Wildman–Crippen MR) is 71.5 cm³/mol. The number of benzene rings is 2. The van der Waals surface area contributed by atoms with E-state index in [1.165, 1.54) is 0 Å². The Labute approximate surface area is 101 Å². The summed E-state index contributed by atoms with van der Waals surface area (Å²) in [6, 6.07) is 13.5. The van der Waals surface area contributed by atoms with Crippen molar-refractivity contribution in [3.8, 4) is 11.1 Å². The second-order valence-electron chi connectivity index (χ2n) is 4.02. The van der Waals surface area contributed by atoms with Crippen LogP contribution in [-0.2, 0) is 6.42 Å². The van der Waals surface area contributed by atoms with Gasteiger partial charge in [0.15, 0.2) is 0 Å². The van der Waals surface area contributed by atoms with Crippen molar-refractivity contribution in [2.45, 2.75) is 6.42 Å². The molecule has 17 heavy (non-hydrogen) atoms. The van der Waals surface area contributed by atoms with Crippen molar-refractivity contribution in [3.05, 3.63) is 48.0 Å². The van der Waals surface area contributed by atoms with E-state index in [9.17, 15) is 0 Å². The Morgan fingerprint density at radius 1 is 1.00 bits per heavy atom. The topological polar surface area (TPSA) is 72.3 Å². The van der Waals surface area contributed by atoms with Crippen LogP contribution in [0.1, 0.15) is 5.56 Å². The summed E-state index contributed by atoms with van der Waals surface area (Å²) < 4.78 is 0. The van der Waals surface area contributed by atoms with Gasteiger partial charge in [-0.25, -0.2) is 0 Å². The molecule has 0 amide bonds. The van der Waals surface area contributed by atoms with E-state index >= 15 is 0 Å². The highest BCUT2D eigenvalue weighted by atomic mass is 16.2. The van der Waals surface area contributed by atoms with E-state index in [0.717, 1.165) is 16.7 Å². The lowest BCUT2D eigenvalue weighted by Gasteiger charge is -2.08. The van der Waals surface area contributed by atoms with E-state index in [-0.39, 0.29) is 6.61 Å². The van der Waals surface area contributed by atoms with E-state index < -0.39 is 0 Å². The van der Waals surface area contributed by atoms with Crippen molar-refractivity contribution in [2.75, 3.05) is 18.1 Å². The third kappa shape index (κ3) is 2.57. The SMILES string of the molecule is Nc1ccc(-c2cccc(CCO)c2)c(N)c1. The summed E-state index contributed by atoms with van der Waals surface area (Å²) in [4.78, 5) is 0. The highest BCUT2D eigenvalue weighted by molar-refractivity contribution is 5.79. The summed E-state index contributed by atoms with van der Waals surface area (Å²) >= 11 is 0. The lowest BCUT2D eigenvalue weighted by atomic mass is 10.0. The fourth-order valence-electron chi connectivity index (χ4n) is 1.87. The van der Waals surface area contributed by atoms with E-state index in [1.807, 2.05) is 36.4 Å². The number of aliphatic hydroxyl groups is 1. The molecule has 3 nitrogen and oxygen atoms in total. The molecule has 0 saturated carbocycles. The van der Waals surface area contributed by atoms with Gasteiger partial charge >= 0.3 is 0 Å². The van der Waals surface area contributed by atoms with Crippen LogP contribution in [0, 0.1) is 0 Å². The van der Waals surface area contributed by atoms with Gasteiger partial charge in [-0.1, -0.05) is 30.3 Å². The Bertz CT molecular complexity index is 523. The van der Waals surface area contributed by atoms with Gasteiger partial charge in [0.25, 0.3) is 0 Å². The molecule has 0 heterocycles. The molecule has 0 atom stereocenters.